The fourth-order valence-corrected chi connectivity index (χ4v) is 4.76. The van der Waals surface area contributed by atoms with Crippen LogP contribution in [0.1, 0.15) is 29.1 Å². The van der Waals surface area contributed by atoms with Gasteiger partial charge in [-0.1, -0.05) is 23.4 Å². The lowest BCUT2D eigenvalue weighted by Crippen LogP contribution is -2.42. The normalized spacial score (nSPS) is 18.2. The summed E-state index contributed by atoms with van der Waals surface area (Å²) < 4.78 is 53.6. The average Bonchev–Trinajstić information content (AvgIpc) is 3.31. The quantitative estimate of drug-likeness (QED) is 0.616. The van der Waals surface area contributed by atoms with Crippen LogP contribution in [0.2, 0.25) is 0 Å². The third-order valence-corrected chi connectivity index (χ3v) is 6.87. The molecular weight excluding hydrogens is 401 g/mol. The summed E-state index contributed by atoms with van der Waals surface area (Å²) >= 11 is 0. The van der Waals surface area contributed by atoms with Crippen molar-refractivity contribution in [3.8, 4) is 0 Å². The summed E-state index contributed by atoms with van der Waals surface area (Å²) in [7, 11) is -2.04. The molecule has 1 aliphatic heterocycles. The number of benzene rings is 1. The Hall–Kier alpha value is -2.63. The molecule has 4 rings (SSSR count). The summed E-state index contributed by atoms with van der Waals surface area (Å²) in [6.07, 6.45) is 0.811. The average molecular weight is 421 g/mol. The maximum Gasteiger partial charge on any atom is 0.257 e. The summed E-state index contributed by atoms with van der Waals surface area (Å²) in [5, 5.41) is 7.89. The van der Waals surface area contributed by atoms with Crippen LogP contribution in [0.5, 0.6) is 0 Å². The number of aryl methyl sites for hydroxylation is 1. The molecule has 0 unspecified atom stereocenters. The predicted octanol–water partition coefficient (Wildman–Crippen LogP) is 1.60. The number of halogens is 1. The van der Waals surface area contributed by atoms with E-state index in [1.807, 2.05) is 0 Å². The maximum atomic E-state index is 13.8. The Balaban J connectivity index is 1.51. The Bertz CT molecular complexity index is 1130. The van der Waals surface area contributed by atoms with Crippen molar-refractivity contribution < 1.29 is 22.1 Å². The van der Waals surface area contributed by atoms with Gasteiger partial charge in [-0.2, -0.15) is 14.4 Å². The molecular formula is C18H20FN5O4S. The van der Waals surface area contributed by atoms with Crippen LogP contribution in [0.15, 0.2) is 39.9 Å². The highest BCUT2D eigenvalue weighted by Crippen LogP contribution is 2.27. The Kier molecular flexibility index (Phi) is 5.19. The molecule has 0 amide bonds. The molecule has 0 N–H and O–H groups in total. The van der Waals surface area contributed by atoms with Crippen molar-refractivity contribution in [3.63, 3.8) is 0 Å². The standard InChI is InChI=1S/C18H20FN5O4S/c1-12-16(10-20-23(12)2)29(25,26)24-7-8-27-15(11-24)18-21-17(22-28-18)9-13-5-3-4-6-14(13)19/h3-6,10,15H,7-9,11H2,1-2H3/t15-/m0/s1. The van der Waals surface area contributed by atoms with E-state index in [4.69, 9.17) is 9.26 Å². The van der Waals surface area contributed by atoms with Crippen molar-refractivity contribution in [2.24, 2.45) is 7.05 Å². The first-order chi connectivity index (χ1) is 13.9. The van der Waals surface area contributed by atoms with Crippen LogP contribution in [0, 0.1) is 12.7 Å². The molecule has 29 heavy (non-hydrogen) atoms. The molecule has 3 heterocycles. The second kappa shape index (κ2) is 7.65. The van der Waals surface area contributed by atoms with E-state index < -0.39 is 16.1 Å². The van der Waals surface area contributed by atoms with Gasteiger partial charge in [-0.3, -0.25) is 4.68 Å². The lowest BCUT2D eigenvalue weighted by Gasteiger charge is -2.30. The number of hydrogen-bond donors (Lipinski definition) is 0. The van der Waals surface area contributed by atoms with Gasteiger partial charge in [0.15, 0.2) is 11.9 Å². The van der Waals surface area contributed by atoms with Gasteiger partial charge in [0.2, 0.25) is 10.0 Å². The summed E-state index contributed by atoms with van der Waals surface area (Å²) in [5.74, 6) is 0.118. The van der Waals surface area contributed by atoms with Gasteiger partial charge in [-0.25, -0.2) is 12.8 Å². The second-order valence-corrected chi connectivity index (χ2v) is 8.66. The van der Waals surface area contributed by atoms with Crippen LogP contribution in [0.3, 0.4) is 0 Å². The summed E-state index contributed by atoms with van der Waals surface area (Å²) in [6.45, 7) is 2.14. The van der Waals surface area contributed by atoms with E-state index in [1.165, 1.54) is 21.3 Å². The molecule has 154 valence electrons. The Morgan fingerprint density at radius 2 is 2.10 bits per heavy atom. The maximum absolute atomic E-state index is 13.8. The first-order valence-electron chi connectivity index (χ1n) is 9.02. The number of hydrogen-bond acceptors (Lipinski definition) is 7. The van der Waals surface area contributed by atoms with Gasteiger partial charge in [0.05, 0.1) is 18.5 Å². The highest BCUT2D eigenvalue weighted by Gasteiger charge is 2.35. The second-order valence-electron chi connectivity index (χ2n) is 6.76. The van der Waals surface area contributed by atoms with Gasteiger partial charge >= 0.3 is 0 Å². The minimum Gasteiger partial charge on any atom is -0.366 e. The third-order valence-electron chi connectivity index (χ3n) is 4.90. The van der Waals surface area contributed by atoms with Crippen LogP contribution in [0.4, 0.5) is 4.39 Å². The minimum absolute atomic E-state index is 0.0397. The molecule has 1 atom stereocenters. The molecule has 0 aliphatic carbocycles. The Labute approximate surface area is 167 Å². The fraction of sp³-hybridized carbons (Fsp3) is 0.389. The lowest BCUT2D eigenvalue weighted by atomic mass is 10.1. The Morgan fingerprint density at radius 1 is 1.31 bits per heavy atom. The predicted molar refractivity (Wildman–Crippen MR) is 98.9 cm³/mol. The Morgan fingerprint density at radius 3 is 2.83 bits per heavy atom. The monoisotopic (exact) mass is 421 g/mol. The van der Waals surface area contributed by atoms with Crippen molar-refractivity contribution >= 4 is 10.0 Å². The molecule has 0 bridgehead atoms. The van der Waals surface area contributed by atoms with E-state index in [0.29, 0.717) is 17.1 Å². The van der Waals surface area contributed by atoms with Crippen LogP contribution in [0.25, 0.3) is 0 Å². The molecule has 2 aromatic heterocycles. The van der Waals surface area contributed by atoms with Crippen molar-refractivity contribution in [2.75, 3.05) is 19.7 Å². The van der Waals surface area contributed by atoms with Crippen LogP contribution in [-0.2, 0) is 28.2 Å². The molecule has 11 heteroatoms. The number of nitrogens with zero attached hydrogens (tertiary/aromatic N) is 5. The highest BCUT2D eigenvalue weighted by molar-refractivity contribution is 7.89. The third kappa shape index (κ3) is 3.80. The zero-order valence-corrected chi connectivity index (χ0v) is 16.8. The topological polar surface area (TPSA) is 103 Å². The molecule has 9 nitrogen and oxygen atoms in total. The minimum atomic E-state index is -3.73. The number of rotatable bonds is 5. The number of ether oxygens (including phenoxy) is 1. The fourth-order valence-electron chi connectivity index (χ4n) is 3.15. The van der Waals surface area contributed by atoms with Gasteiger partial charge in [-0.15, -0.1) is 0 Å². The summed E-state index contributed by atoms with van der Waals surface area (Å²) in [5.41, 5.74) is 0.999. The number of aromatic nitrogens is 4. The van der Waals surface area contributed by atoms with Crippen LogP contribution in [-0.4, -0.2) is 52.3 Å². The van der Waals surface area contributed by atoms with Crippen molar-refractivity contribution in [1.29, 1.82) is 0 Å². The van der Waals surface area contributed by atoms with Gasteiger partial charge in [-0.05, 0) is 18.6 Å². The van der Waals surface area contributed by atoms with E-state index in [0.717, 1.165) is 0 Å². The van der Waals surface area contributed by atoms with E-state index >= 15 is 0 Å². The summed E-state index contributed by atoms with van der Waals surface area (Å²) in [6, 6.07) is 6.35. The van der Waals surface area contributed by atoms with Gasteiger partial charge in [0.1, 0.15) is 10.7 Å². The first kappa shape index (κ1) is 19.7. The van der Waals surface area contributed by atoms with E-state index in [9.17, 15) is 12.8 Å². The largest absolute Gasteiger partial charge is 0.366 e. The zero-order valence-electron chi connectivity index (χ0n) is 15.9. The smallest absolute Gasteiger partial charge is 0.257 e. The van der Waals surface area contributed by atoms with E-state index in [1.54, 1.807) is 32.2 Å². The van der Waals surface area contributed by atoms with E-state index in [-0.39, 0.29) is 42.7 Å². The SMILES string of the molecule is Cc1c(S(=O)(=O)N2CCO[C@H](c3nc(Cc4ccccc4F)no3)C2)cnn1C. The van der Waals surface area contributed by atoms with Gasteiger partial charge in [0, 0.05) is 26.6 Å². The molecule has 1 saturated heterocycles. The molecule has 0 saturated carbocycles. The van der Waals surface area contributed by atoms with Gasteiger partial charge in [0.25, 0.3) is 5.89 Å². The van der Waals surface area contributed by atoms with Crippen LogP contribution < -0.4 is 0 Å². The number of sulfonamides is 1. The number of morpholine rings is 1. The summed E-state index contributed by atoms with van der Waals surface area (Å²) in [4.78, 5) is 4.43. The van der Waals surface area contributed by atoms with Crippen molar-refractivity contribution in [3.05, 3.63) is 59.3 Å². The molecule has 1 aliphatic rings. The van der Waals surface area contributed by atoms with Crippen LogP contribution >= 0.6 is 0 Å². The first-order valence-corrected chi connectivity index (χ1v) is 10.5. The van der Waals surface area contributed by atoms with E-state index in [2.05, 4.69) is 15.2 Å². The van der Waals surface area contributed by atoms with Crippen molar-refractivity contribution in [2.45, 2.75) is 24.3 Å². The van der Waals surface area contributed by atoms with Crippen molar-refractivity contribution in [1.82, 2.24) is 24.2 Å². The molecule has 0 spiro atoms. The molecule has 3 aromatic rings. The highest BCUT2D eigenvalue weighted by atomic mass is 32.2. The molecule has 1 aromatic carbocycles. The van der Waals surface area contributed by atoms with Gasteiger partial charge < -0.3 is 9.26 Å². The molecule has 1 fully saturated rings. The molecule has 0 radical (unpaired) electrons. The zero-order chi connectivity index (χ0) is 20.6. The lowest BCUT2D eigenvalue weighted by molar-refractivity contribution is -0.0199.